The van der Waals surface area contributed by atoms with Crippen LogP contribution < -0.4 is 20.1 Å². The maximum absolute atomic E-state index is 12.2. The summed E-state index contributed by atoms with van der Waals surface area (Å²) >= 11 is 0. The Bertz CT molecular complexity index is 677. The van der Waals surface area contributed by atoms with E-state index in [1.807, 2.05) is 43.4 Å². The molecule has 1 amide bonds. The van der Waals surface area contributed by atoms with Gasteiger partial charge in [-0.2, -0.15) is 0 Å². The molecule has 0 fully saturated rings. The van der Waals surface area contributed by atoms with E-state index in [2.05, 4.69) is 10.6 Å². The van der Waals surface area contributed by atoms with E-state index in [1.54, 1.807) is 20.3 Å². The fraction of sp³-hybridized carbons (Fsp3) is 0.278. The number of methoxy groups -OCH3 is 2. The minimum atomic E-state index is -0.0705. The standard InChI is InChI=1S/C18H22N2O3.ClH/c1-19-12-14-5-4-6-15(9-14)20-18(21)11-13-7-8-16(22-2)17(10-13)23-3;/h4-10,19H,11-12H2,1-3H3,(H,20,21);1H. The lowest BCUT2D eigenvalue weighted by molar-refractivity contribution is -0.115. The van der Waals surface area contributed by atoms with Crippen LogP contribution in [0.2, 0.25) is 0 Å². The van der Waals surface area contributed by atoms with Crippen molar-refractivity contribution in [1.29, 1.82) is 0 Å². The van der Waals surface area contributed by atoms with Crippen molar-refractivity contribution in [1.82, 2.24) is 5.32 Å². The highest BCUT2D eigenvalue weighted by atomic mass is 35.5. The summed E-state index contributed by atoms with van der Waals surface area (Å²) in [5, 5.41) is 6.01. The van der Waals surface area contributed by atoms with Crippen LogP contribution in [0.1, 0.15) is 11.1 Å². The minimum Gasteiger partial charge on any atom is -0.493 e. The molecule has 0 bridgehead atoms. The zero-order valence-corrected chi connectivity index (χ0v) is 14.9. The first-order valence-corrected chi connectivity index (χ1v) is 7.40. The molecule has 130 valence electrons. The molecule has 0 radical (unpaired) electrons. The van der Waals surface area contributed by atoms with Gasteiger partial charge in [-0.25, -0.2) is 0 Å². The molecule has 0 atom stereocenters. The number of ether oxygens (including phenoxy) is 2. The van der Waals surface area contributed by atoms with E-state index in [-0.39, 0.29) is 24.7 Å². The van der Waals surface area contributed by atoms with Crippen molar-refractivity contribution in [2.75, 3.05) is 26.6 Å². The molecule has 6 heteroatoms. The molecule has 5 nitrogen and oxygen atoms in total. The lowest BCUT2D eigenvalue weighted by atomic mass is 10.1. The van der Waals surface area contributed by atoms with Crippen LogP contribution in [-0.4, -0.2) is 27.2 Å². The second-order valence-corrected chi connectivity index (χ2v) is 5.14. The quantitative estimate of drug-likeness (QED) is 0.805. The summed E-state index contributed by atoms with van der Waals surface area (Å²) < 4.78 is 10.5. The van der Waals surface area contributed by atoms with Gasteiger partial charge in [-0.3, -0.25) is 4.79 Å². The monoisotopic (exact) mass is 350 g/mol. The van der Waals surface area contributed by atoms with Crippen LogP contribution in [0.3, 0.4) is 0 Å². The van der Waals surface area contributed by atoms with Gasteiger partial charge in [0.2, 0.25) is 5.91 Å². The average molecular weight is 351 g/mol. The number of carbonyl (C=O) groups is 1. The number of nitrogens with one attached hydrogen (secondary N) is 2. The van der Waals surface area contributed by atoms with Crippen LogP contribution in [0.4, 0.5) is 5.69 Å². The molecule has 0 spiro atoms. The summed E-state index contributed by atoms with van der Waals surface area (Å²) in [6.45, 7) is 0.763. The Balaban J connectivity index is 0.00000288. The number of benzene rings is 2. The molecule has 2 rings (SSSR count). The fourth-order valence-corrected chi connectivity index (χ4v) is 2.34. The van der Waals surface area contributed by atoms with Gasteiger partial charge in [0.1, 0.15) is 0 Å². The first-order chi connectivity index (χ1) is 11.2. The highest BCUT2D eigenvalue weighted by Crippen LogP contribution is 2.27. The van der Waals surface area contributed by atoms with Crippen molar-refractivity contribution < 1.29 is 14.3 Å². The van der Waals surface area contributed by atoms with Gasteiger partial charge in [-0.1, -0.05) is 18.2 Å². The normalized spacial score (nSPS) is 9.79. The van der Waals surface area contributed by atoms with Crippen molar-refractivity contribution in [3.05, 3.63) is 53.6 Å². The highest BCUT2D eigenvalue weighted by Gasteiger charge is 2.09. The van der Waals surface area contributed by atoms with Crippen LogP contribution in [0.25, 0.3) is 0 Å². The zero-order valence-electron chi connectivity index (χ0n) is 14.1. The highest BCUT2D eigenvalue weighted by molar-refractivity contribution is 5.92. The van der Waals surface area contributed by atoms with E-state index in [0.717, 1.165) is 23.4 Å². The van der Waals surface area contributed by atoms with Gasteiger partial charge in [0.15, 0.2) is 11.5 Å². The molecule has 2 aromatic carbocycles. The van der Waals surface area contributed by atoms with Crippen LogP contribution in [0.15, 0.2) is 42.5 Å². The van der Waals surface area contributed by atoms with Gasteiger partial charge in [0.25, 0.3) is 0 Å². The van der Waals surface area contributed by atoms with Gasteiger partial charge in [0.05, 0.1) is 20.6 Å². The molecule has 0 aliphatic carbocycles. The van der Waals surface area contributed by atoms with E-state index < -0.39 is 0 Å². The molecule has 2 aromatic rings. The first kappa shape index (κ1) is 19.8. The van der Waals surface area contributed by atoms with Crippen molar-refractivity contribution in [3.8, 4) is 11.5 Å². The summed E-state index contributed by atoms with van der Waals surface area (Å²) in [5.74, 6) is 1.20. The van der Waals surface area contributed by atoms with Gasteiger partial charge < -0.3 is 20.1 Å². The fourth-order valence-electron chi connectivity index (χ4n) is 2.34. The predicted molar refractivity (Wildman–Crippen MR) is 98.3 cm³/mol. The van der Waals surface area contributed by atoms with Crippen LogP contribution in [0, 0.1) is 0 Å². The summed E-state index contributed by atoms with van der Waals surface area (Å²) in [6.07, 6.45) is 0.274. The first-order valence-electron chi connectivity index (χ1n) is 7.40. The Morgan fingerprint density at radius 2 is 1.75 bits per heavy atom. The topological polar surface area (TPSA) is 59.6 Å². The summed E-state index contributed by atoms with van der Waals surface area (Å²) in [6, 6.07) is 13.3. The zero-order chi connectivity index (χ0) is 16.7. The van der Waals surface area contributed by atoms with Gasteiger partial charge in [-0.05, 0) is 42.4 Å². The lowest BCUT2D eigenvalue weighted by Crippen LogP contribution is -2.15. The number of rotatable bonds is 7. The second kappa shape index (κ2) is 9.80. The number of amides is 1. The summed E-state index contributed by atoms with van der Waals surface area (Å²) in [7, 11) is 5.06. The number of anilines is 1. The predicted octanol–water partition coefficient (Wildman–Crippen LogP) is 3.03. The molecular weight excluding hydrogens is 328 g/mol. The molecule has 0 aliphatic rings. The Morgan fingerprint density at radius 1 is 1.00 bits per heavy atom. The molecule has 0 saturated carbocycles. The summed E-state index contributed by atoms with van der Waals surface area (Å²) in [4.78, 5) is 12.2. The van der Waals surface area contributed by atoms with Crippen molar-refractivity contribution >= 4 is 24.0 Å². The number of carbonyl (C=O) groups excluding carboxylic acids is 1. The maximum atomic E-state index is 12.2. The van der Waals surface area contributed by atoms with Gasteiger partial charge >= 0.3 is 0 Å². The Morgan fingerprint density at radius 3 is 2.42 bits per heavy atom. The molecule has 24 heavy (non-hydrogen) atoms. The average Bonchev–Trinajstić information content (AvgIpc) is 2.55. The molecular formula is C18H23ClN2O3. The third-order valence-corrected chi connectivity index (χ3v) is 3.40. The maximum Gasteiger partial charge on any atom is 0.228 e. The van der Waals surface area contributed by atoms with Crippen LogP contribution >= 0.6 is 12.4 Å². The van der Waals surface area contributed by atoms with Crippen molar-refractivity contribution in [2.24, 2.45) is 0 Å². The third-order valence-electron chi connectivity index (χ3n) is 3.40. The van der Waals surface area contributed by atoms with E-state index in [0.29, 0.717) is 11.5 Å². The largest absolute Gasteiger partial charge is 0.493 e. The molecule has 0 unspecified atom stereocenters. The molecule has 0 aliphatic heterocycles. The Labute approximate surface area is 148 Å². The van der Waals surface area contributed by atoms with Crippen molar-refractivity contribution in [2.45, 2.75) is 13.0 Å². The molecule has 0 heterocycles. The molecule has 0 aromatic heterocycles. The van der Waals surface area contributed by atoms with Crippen molar-refractivity contribution in [3.63, 3.8) is 0 Å². The Kier molecular flexibility index (Phi) is 8.09. The van der Waals surface area contributed by atoms with Crippen LogP contribution in [-0.2, 0) is 17.8 Å². The van der Waals surface area contributed by atoms with Gasteiger partial charge in [-0.15, -0.1) is 12.4 Å². The number of halogens is 1. The molecule has 0 saturated heterocycles. The SMILES string of the molecule is CNCc1cccc(NC(=O)Cc2ccc(OC)c(OC)c2)c1.Cl. The number of hydrogen-bond acceptors (Lipinski definition) is 4. The number of hydrogen-bond donors (Lipinski definition) is 2. The second-order valence-electron chi connectivity index (χ2n) is 5.14. The van der Waals surface area contributed by atoms with E-state index >= 15 is 0 Å². The van der Waals surface area contributed by atoms with E-state index in [9.17, 15) is 4.79 Å². The summed E-state index contributed by atoms with van der Waals surface area (Å²) in [5.41, 5.74) is 2.78. The molecule has 2 N–H and O–H groups in total. The lowest BCUT2D eigenvalue weighted by Gasteiger charge is -2.10. The minimum absolute atomic E-state index is 0. The van der Waals surface area contributed by atoms with Gasteiger partial charge in [0, 0.05) is 12.2 Å². The van der Waals surface area contributed by atoms with Crippen LogP contribution in [0.5, 0.6) is 11.5 Å². The smallest absolute Gasteiger partial charge is 0.228 e. The Hall–Kier alpha value is -2.24. The third kappa shape index (κ3) is 5.44. The van der Waals surface area contributed by atoms with E-state index in [1.165, 1.54) is 0 Å². The van der Waals surface area contributed by atoms with E-state index in [4.69, 9.17) is 9.47 Å².